The third kappa shape index (κ3) is 4.49. The van der Waals surface area contributed by atoms with Crippen molar-refractivity contribution in [2.75, 3.05) is 0 Å². The molecule has 154 valence electrons. The van der Waals surface area contributed by atoms with Gasteiger partial charge in [0.05, 0.1) is 6.04 Å². The Labute approximate surface area is 165 Å². The van der Waals surface area contributed by atoms with E-state index in [2.05, 4.69) is 10.4 Å². The minimum atomic E-state index is -3.02. The average Bonchev–Trinajstić information content (AvgIpc) is 3.37. The van der Waals surface area contributed by atoms with Crippen molar-refractivity contribution in [3.8, 4) is 5.69 Å². The Morgan fingerprint density at radius 2 is 1.62 bits per heavy atom. The van der Waals surface area contributed by atoms with Crippen LogP contribution in [0, 0.1) is 0 Å². The Balaban J connectivity index is 1.72. The van der Waals surface area contributed by atoms with Gasteiger partial charge in [-0.05, 0) is 49.7 Å². The number of amides is 1. The van der Waals surface area contributed by atoms with E-state index in [0.717, 1.165) is 11.3 Å². The zero-order valence-electron chi connectivity index (χ0n) is 15.8. The molecule has 2 aromatic heterocycles. The van der Waals surface area contributed by atoms with E-state index in [0.29, 0.717) is 10.7 Å². The molecule has 2 unspecified atom stereocenters. The predicted molar refractivity (Wildman–Crippen MR) is 99.2 cm³/mol. The molecule has 0 radical (unpaired) electrons. The van der Waals surface area contributed by atoms with Crippen LogP contribution in [0.25, 0.3) is 5.69 Å². The lowest BCUT2D eigenvalue weighted by Crippen LogP contribution is -2.34. The summed E-state index contributed by atoms with van der Waals surface area (Å²) in [5, 5.41) is 6.21. The van der Waals surface area contributed by atoms with E-state index in [-0.39, 0.29) is 0 Å². The number of hydrogen-bond donors (Lipinski definition) is 1. The van der Waals surface area contributed by atoms with Gasteiger partial charge in [-0.1, -0.05) is 12.1 Å². The van der Waals surface area contributed by atoms with E-state index in [1.165, 1.54) is 6.92 Å². The van der Waals surface area contributed by atoms with E-state index in [4.69, 9.17) is 0 Å². The number of nitrogens with one attached hydrogen (secondary N) is 1. The fourth-order valence-electron chi connectivity index (χ4n) is 2.98. The van der Waals surface area contributed by atoms with Gasteiger partial charge in [-0.15, -0.1) is 0 Å². The molecule has 1 N–H and O–H groups in total. The van der Waals surface area contributed by atoms with Gasteiger partial charge in [-0.2, -0.15) is 5.10 Å². The monoisotopic (exact) mass is 408 g/mol. The van der Waals surface area contributed by atoms with Crippen molar-refractivity contribution in [3.05, 3.63) is 71.8 Å². The van der Waals surface area contributed by atoms with Crippen molar-refractivity contribution in [1.29, 1.82) is 0 Å². The summed E-state index contributed by atoms with van der Waals surface area (Å²) in [5.41, 5.74) is 0.257. The summed E-state index contributed by atoms with van der Waals surface area (Å²) in [6, 6.07) is 10.3. The molecule has 0 aliphatic heterocycles. The number of nitrogens with zero attached hydrogens (tertiary/aromatic N) is 3. The first-order valence-corrected chi connectivity index (χ1v) is 8.97. The standard InChI is InChI=1S/C20H20F4N4O/c1-12(14-5-7-15(8-6-14)27-9-3-4-10-27)25-20(29)13(2)28-17(19(23)24)11-16(26-28)18(21)22/h3-13,18-19H,1-2H3,(H,25,29). The van der Waals surface area contributed by atoms with Gasteiger partial charge in [0.15, 0.2) is 0 Å². The molecule has 3 rings (SSSR count). The molecule has 0 aliphatic rings. The molecule has 5 nitrogen and oxygen atoms in total. The van der Waals surface area contributed by atoms with Crippen molar-refractivity contribution in [2.45, 2.75) is 38.8 Å². The Morgan fingerprint density at radius 3 is 2.17 bits per heavy atom. The molecule has 1 amide bonds. The summed E-state index contributed by atoms with van der Waals surface area (Å²) in [5.74, 6) is -0.599. The zero-order valence-corrected chi connectivity index (χ0v) is 15.8. The molecule has 29 heavy (non-hydrogen) atoms. The minimum Gasteiger partial charge on any atom is -0.348 e. The van der Waals surface area contributed by atoms with E-state index < -0.39 is 42.2 Å². The van der Waals surface area contributed by atoms with Crippen LogP contribution in [0.4, 0.5) is 17.6 Å². The smallest absolute Gasteiger partial charge is 0.282 e. The Kier molecular flexibility index (Phi) is 6.05. The van der Waals surface area contributed by atoms with Crippen molar-refractivity contribution in [1.82, 2.24) is 19.7 Å². The minimum absolute atomic E-state index is 0.413. The summed E-state index contributed by atoms with van der Waals surface area (Å²) < 4.78 is 54.6. The lowest BCUT2D eigenvalue weighted by molar-refractivity contribution is -0.125. The SMILES string of the molecule is CC(NC(=O)C(C)n1nc(C(F)F)cc1C(F)F)c1ccc(-n2cccc2)cc1. The van der Waals surface area contributed by atoms with Gasteiger partial charge in [0, 0.05) is 18.1 Å². The van der Waals surface area contributed by atoms with Crippen molar-refractivity contribution in [2.24, 2.45) is 0 Å². The highest BCUT2D eigenvalue weighted by Crippen LogP contribution is 2.27. The third-order valence-corrected chi connectivity index (χ3v) is 4.63. The van der Waals surface area contributed by atoms with Gasteiger partial charge in [0.1, 0.15) is 17.4 Å². The second-order valence-corrected chi connectivity index (χ2v) is 6.63. The fraction of sp³-hybridized carbons (Fsp3) is 0.300. The van der Waals surface area contributed by atoms with Crippen LogP contribution < -0.4 is 5.32 Å². The lowest BCUT2D eigenvalue weighted by Gasteiger charge is -2.20. The van der Waals surface area contributed by atoms with Crippen LogP contribution in [-0.4, -0.2) is 20.3 Å². The van der Waals surface area contributed by atoms with Crippen LogP contribution in [0.3, 0.4) is 0 Å². The average molecular weight is 408 g/mol. The van der Waals surface area contributed by atoms with Gasteiger partial charge in [-0.3, -0.25) is 9.48 Å². The van der Waals surface area contributed by atoms with E-state index >= 15 is 0 Å². The van der Waals surface area contributed by atoms with Gasteiger partial charge >= 0.3 is 0 Å². The normalized spacial score (nSPS) is 13.7. The molecule has 1 aromatic carbocycles. The molecular formula is C20H20F4N4O. The topological polar surface area (TPSA) is 51.9 Å². The largest absolute Gasteiger partial charge is 0.348 e. The molecule has 0 saturated heterocycles. The van der Waals surface area contributed by atoms with Crippen LogP contribution in [0.5, 0.6) is 0 Å². The quantitative estimate of drug-likeness (QED) is 0.560. The third-order valence-electron chi connectivity index (χ3n) is 4.63. The van der Waals surface area contributed by atoms with E-state index in [1.807, 2.05) is 53.4 Å². The summed E-state index contributed by atoms with van der Waals surface area (Å²) in [4.78, 5) is 12.5. The molecule has 9 heteroatoms. The van der Waals surface area contributed by atoms with Gasteiger partial charge in [0.2, 0.25) is 5.91 Å². The summed E-state index contributed by atoms with van der Waals surface area (Å²) in [7, 11) is 0. The molecule has 2 heterocycles. The number of benzene rings is 1. The second-order valence-electron chi connectivity index (χ2n) is 6.63. The van der Waals surface area contributed by atoms with E-state index in [1.54, 1.807) is 6.92 Å². The Hall–Kier alpha value is -3.10. The molecule has 0 bridgehead atoms. The van der Waals surface area contributed by atoms with Gasteiger partial charge < -0.3 is 9.88 Å². The van der Waals surface area contributed by atoms with Crippen molar-refractivity contribution >= 4 is 5.91 Å². The maximum absolute atomic E-state index is 13.2. The number of hydrogen-bond acceptors (Lipinski definition) is 2. The molecular weight excluding hydrogens is 388 g/mol. The van der Waals surface area contributed by atoms with Crippen molar-refractivity contribution in [3.63, 3.8) is 0 Å². The van der Waals surface area contributed by atoms with Crippen LogP contribution in [-0.2, 0) is 4.79 Å². The first kappa shape index (κ1) is 20.6. The molecule has 3 aromatic rings. The number of rotatable bonds is 7. The van der Waals surface area contributed by atoms with Gasteiger partial charge in [0.25, 0.3) is 12.9 Å². The highest BCUT2D eigenvalue weighted by molar-refractivity contribution is 5.80. The van der Waals surface area contributed by atoms with Crippen LogP contribution in [0.1, 0.15) is 55.7 Å². The number of carbonyl (C=O) groups is 1. The number of aromatic nitrogens is 3. The number of halogens is 4. The Bertz CT molecular complexity index is 952. The highest BCUT2D eigenvalue weighted by atomic mass is 19.3. The molecule has 0 aliphatic carbocycles. The first-order valence-electron chi connectivity index (χ1n) is 8.97. The maximum atomic E-state index is 13.2. The number of carbonyl (C=O) groups excluding carboxylic acids is 1. The zero-order chi connectivity index (χ0) is 21.1. The fourth-order valence-corrected chi connectivity index (χ4v) is 2.98. The second kappa shape index (κ2) is 8.50. The molecule has 0 fully saturated rings. The Morgan fingerprint density at radius 1 is 1.00 bits per heavy atom. The van der Waals surface area contributed by atoms with Crippen LogP contribution in [0.15, 0.2) is 54.9 Å². The first-order chi connectivity index (χ1) is 13.8. The summed E-state index contributed by atoms with van der Waals surface area (Å²) in [6.07, 6.45) is -2.22. The van der Waals surface area contributed by atoms with Gasteiger partial charge in [-0.25, -0.2) is 17.6 Å². The maximum Gasteiger partial charge on any atom is 0.282 e. The molecule has 0 spiro atoms. The van der Waals surface area contributed by atoms with Crippen molar-refractivity contribution < 1.29 is 22.4 Å². The highest BCUT2D eigenvalue weighted by Gasteiger charge is 2.27. The van der Waals surface area contributed by atoms with Crippen LogP contribution in [0.2, 0.25) is 0 Å². The summed E-state index contributed by atoms with van der Waals surface area (Å²) >= 11 is 0. The predicted octanol–water partition coefficient (Wildman–Crippen LogP) is 4.99. The number of alkyl halides is 4. The molecule has 2 atom stereocenters. The van der Waals surface area contributed by atoms with Crippen LogP contribution >= 0.6 is 0 Å². The summed E-state index contributed by atoms with van der Waals surface area (Å²) in [6.45, 7) is 3.09. The van der Waals surface area contributed by atoms with E-state index in [9.17, 15) is 22.4 Å². The lowest BCUT2D eigenvalue weighted by atomic mass is 10.1. The molecule has 0 saturated carbocycles.